The number of fused-ring (bicyclic) bond motifs is 1. The van der Waals surface area contributed by atoms with E-state index in [9.17, 15) is 0 Å². The molecule has 0 aliphatic carbocycles. The molecule has 1 saturated heterocycles. The summed E-state index contributed by atoms with van der Waals surface area (Å²) < 4.78 is 0. The van der Waals surface area contributed by atoms with Crippen molar-refractivity contribution < 1.29 is 5.73 Å². The van der Waals surface area contributed by atoms with Gasteiger partial charge in [-0.2, -0.15) is 4.98 Å². The number of nitrogens with one attached hydrogen (secondary N) is 1. The van der Waals surface area contributed by atoms with Crippen LogP contribution in [0.1, 0.15) is 19.4 Å². The number of hydrogen-bond acceptors (Lipinski definition) is 5. The summed E-state index contributed by atoms with van der Waals surface area (Å²) in [6.45, 7) is 6.97. The molecule has 0 saturated carbocycles. The third kappa shape index (κ3) is 3.95. The molecule has 6 heteroatoms. The normalized spacial score (nSPS) is 18.8. The van der Waals surface area contributed by atoms with Crippen LogP contribution in [0, 0.1) is 0 Å². The van der Waals surface area contributed by atoms with Crippen LogP contribution in [0.2, 0.25) is 0 Å². The van der Waals surface area contributed by atoms with Crippen molar-refractivity contribution in [1.82, 2.24) is 20.3 Å². The Morgan fingerprint density at radius 2 is 1.78 bits per heavy atom. The largest absolute Gasteiger partial charge is 0.354 e. The summed E-state index contributed by atoms with van der Waals surface area (Å²) in [6, 6.07) is 21.8. The van der Waals surface area contributed by atoms with Crippen molar-refractivity contribution in [3.8, 4) is 22.4 Å². The predicted octanol–water partition coefficient (Wildman–Crippen LogP) is 3.29. The molecule has 1 fully saturated rings. The summed E-state index contributed by atoms with van der Waals surface area (Å²) in [5.74, 6) is 0.747. The molecule has 5 rings (SSSR count). The average Bonchev–Trinajstić information content (AvgIpc) is 2.85. The van der Waals surface area contributed by atoms with E-state index in [2.05, 4.69) is 84.4 Å². The van der Waals surface area contributed by atoms with Crippen LogP contribution in [-0.4, -0.2) is 40.1 Å². The third-order valence-electron chi connectivity index (χ3n) is 6.18. The van der Waals surface area contributed by atoms with Gasteiger partial charge in [-0.3, -0.25) is 0 Å². The summed E-state index contributed by atoms with van der Waals surface area (Å²) in [5, 5.41) is 4.46. The lowest BCUT2D eigenvalue weighted by Crippen LogP contribution is -2.55. The lowest BCUT2D eigenvalue weighted by Gasteiger charge is -2.37. The number of hydrogen-bond donors (Lipinski definition) is 2. The number of aromatic nitrogens is 3. The second-order valence-electron chi connectivity index (χ2n) is 8.59. The van der Waals surface area contributed by atoms with E-state index in [1.807, 2.05) is 12.3 Å². The molecule has 32 heavy (non-hydrogen) atoms. The second-order valence-corrected chi connectivity index (χ2v) is 8.59. The fourth-order valence-corrected chi connectivity index (χ4v) is 4.28. The van der Waals surface area contributed by atoms with E-state index in [0.717, 1.165) is 59.0 Å². The minimum atomic E-state index is 0.335. The van der Waals surface area contributed by atoms with Crippen molar-refractivity contribution in [2.75, 3.05) is 18.0 Å². The van der Waals surface area contributed by atoms with E-state index in [4.69, 9.17) is 15.0 Å². The maximum atomic E-state index is 5.07. The summed E-state index contributed by atoms with van der Waals surface area (Å²) in [6.07, 6.45) is 1.91. The first kappa shape index (κ1) is 20.5. The van der Waals surface area contributed by atoms with Gasteiger partial charge in [-0.15, -0.1) is 0 Å². The van der Waals surface area contributed by atoms with Crippen molar-refractivity contribution in [3.05, 3.63) is 72.4 Å². The van der Waals surface area contributed by atoms with Gasteiger partial charge in [0.25, 0.3) is 0 Å². The van der Waals surface area contributed by atoms with Crippen LogP contribution in [0.25, 0.3) is 33.4 Å². The zero-order valence-electron chi connectivity index (χ0n) is 18.6. The Labute approximate surface area is 188 Å². The van der Waals surface area contributed by atoms with E-state index in [-0.39, 0.29) is 0 Å². The molecule has 2 unspecified atom stereocenters. The SMILES string of the molecule is CC1CN(c2ncc3cc(-c4ccccc4)c(-c4ccc(C[NH3+])cc4)nc3n2)C(C)CN1. The van der Waals surface area contributed by atoms with Crippen molar-refractivity contribution >= 4 is 17.0 Å². The molecule has 4 N–H and O–H groups in total. The van der Waals surface area contributed by atoms with Crippen LogP contribution in [0.5, 0.6) is 0 Å². The number of anilines is 1. The maximum Gasteiger partial charge on any atom is 0.227 e. The first-order valence-corrected chi connectivity index (χ1v) is 11.2. The highest BCUT2D eigenvalue weighted by molar-refractivity contribution is 5.90. The van der Waals surface area contributed by atoms with Gasteiger partial charge in [0.05, 0.1) is 12.2 Å². The van der Waals surface area contributed by atoms with Crippen LogP contribution >= 0.6 is 0 Å². The molecule has 1 aliphatic rings. The molecule has 4 aromatic rings. The molecular formula is C26H29N6+. The molecular weight excluding hydrogens is 396 g/mol. The average molecular weight is 426 g/mol. The topological polar surface area (TPSA) is 81.6 Å². The number of quaternary nitrogens is 1. The summed E-state index contributed by atoms with van der Waals surface area (Å²) in [7, 11) is 0. The molecule has 162 valence electrons. The summed E-state index contributed by atoms with van der Waals surface area (Å²) >= 11 is 0. The lowest BCUT2D eigenvalue weighted by molar-refractivity contribution is -0.386. The number of pyridine rings is 1. The van der Waals surface area contributed by atoms with Gasteiger partial charge in [-0.05, 0) is 25.5 Å². The molecule has 0 bridgehead atoms. The van der Waals surface area contributed by atoms with Crippen LogP contribution in [-0.2, 0) is 6.54 Å². The highest BCUT2D eigenvalue weighted by Gasteiger charge is 2.25. The number of piperazine rings is 1. The maximum absolute atomic E-state index is 5.07. The molecule has 3 heterocycles. The van der Waals surface area contributed by atoms with Crippen molar-refractivity contribution in [2.24, 2.45) is 0 Å². The van der Waals surface area contributed by atoms with Crippen molar-refractivity contribution in [1.29, 1.82) is 0 Å². The Balaban J connectivity index is 1.65. The minimum absolute atomic E-state index is 0.335. The van der Waals surface area contributed by atoms with Crippen LogP contribution < -0.4 is 16.0 Å². The zero-order chi connectivity index (χ0) is 22.1. The van der Waals surface area contributed by atoms with Gasteiger partial charge in [-0.1, -0.05) is 54.6 Å². The Morgan fingerprint density at radius 3 is 2.53 bits per heavy atom. The molecule has 0 radical (unpaired) electrons. The fourth-order valence-electron chi connectivity index (χ4n) is 4.28. The Hall–Kier alpha value is -3.35. The molecule has 6 nitrogen and oxygen atoms in total. The van der Waals surface area contributed by atoms with E-state index >= 15 is 0 Å². The van der Waals surface area contributed by atoms with Crippen molar-refractivity contribution in [2.45, 2.75) is 32.5 Å². The Kier molecular flexibility index (Phi) is 5.55. The van der Waals surface area contributed by atoms with Crippen molar-refractivity contribution in [3.63, 3.8) is 0 Å². The summed E-state index contributed by atoms with van der Waals surface area (Å²) in [4.78, 5) is 17.0. The molecule has 0 amide bonds. The first-order valence-electron chi connectivity index (χ1n) is 11.2. The van der Waals surface area contributed by atoms with Crippen LogP contribution in [0.15, 0.2) is 66.9 Å². The van der Waals surface area contributed by atoms with E-state index in [1.54, 1.807) is 0 Å². The van der Waals surface area contributed by atoms with Gasteiger partial charge in [-0.25, -0.2) is 9.97 Å². The van der Waals surface area contributed by atoms with E-state index in [0.29, 0.717) is 12.1 Å². The number of rotatable bonds is 4. The van der Waals surface area contributed by atoms with Crippen LogP contribution in [0.3, 0.4) is 0 Å². The quantitative estimate of drug-likeness (QED) is 0.524. The van der Waals surface area contributed by atoms with Gasteiger partial charge in [0.2, 0.25) is 5.95 Å². The minimum Gasteiger partial charge on any atom is -0.354 e. The predicted molar refractivity (Wildman–Crippen MR) is 129 cm³/mol. The van der Waals surface area contributed by atoms with Crippen LogP contribution in [0.4, 0.5) is 5.95 Å². The molecule has 1 aliphatic heterocycles. The lowest BCUT2D eigenvalue weighted by atomic mass is 9.98. The standard InChI is InChI=1S/C26H28N6/c1-17-16-32(18(2)14-28-17)26-29-15-22-12-23(20-6-4-3-5-7-20)24(30-25(22)31-26)21-10-8-19(13-27)9-11-21/h3-12,15,17-18,28H,13-14,16,27H2,1-2H3/p+1. The van der Waals surface area contributed by atoms with Gasteiger partial charge < -0.3 is 16.0 Å². The highest BCUT2D eigenvalue weighted by Crippen LogP contribution is 2.33. The van der Waals surface area contributed by atoms with Gasteiger partial charge in [0.15, 0.2) is 5.65 Å². The Bertz CT molecular complexity index is 1220. The van der Waals surface area contributed by atoms with E-state index in [1.165, 1.54) is 5.56 Å². The Morgan fingerprint density at radius 1 is 1.00 bits per heavy atom. The molecule has 2 atom stereocenters. The number of benzene rings is 2. The van der Waals surface area contributed by atoms with Gasteiger partial charge in [0.1, 0.15) is 0 Å². The zero-order valence-corrected chi connectivity index (χ0v) is 18.6. The van der Waals surface area contributed by atoms with E-state index < -0.39 is 0 Å². The van der Waals surface area contributed by atoms with Gasteiger partial charge in [0, 0.05) is 53.4 Å². The fraction of sp³-hybridized carbons (Fsp3) is 0.269. The smallest absolute Gasteiger partial charge is 0.227 e. The highest BCUT2D eigenvalue weighted by atomic mass is 15.3. The molecule has 2 aromatic heterocycles. The monoisotopic (exact) mass is 425 g/mol. The molecule has 2 aromatic carbocycles. The van der Waals surface area contributed by atoms with Gasteiger partial charge >= 0.3 is 0 Å². The third-order valence-corrected chi connectivity index (χ3v) is 6.18. The molecule has 0 spiro atoms. The number of nitrogens with zero attached hydrogens (tertiary/aromatic N) is 4. The second kappa shape index (κ2) is 8.65. The summed E-state index contributed by atoms with van der Waals surface area (Å²) in [5.41, 5.74) is 10.2. The first-order chi connectivity index (χ1) is 15.6.